The first kappa shape index (κ1) is 17.3. The molecule has 1 saturated heterocycles. The molecule has 1 aliphatic heterocycles. The van der Waals surface area contributed by atoms with Crippen LogP contribution in [0.4, 0.5) is 0 Å². The van der Waals surface area contributed by atoms with E-state index in [2.05, 4.69) is 9.71 Å². The molecule has 0 spiro atoms. The van der Waals surface area contributed by atoms with Gasteiger partial charge in [0.2, 0.25) is 0 Å². The van der Waals surface area contributed by atoms with Crippen LogP contribution in [0.15, 0.2) is 18.3 Å². The zero-order chi connectivity index (χ0) is 16.2. The molecule has 2 rings (SSSR count). The van der Waals surface area contributed by atoms with Gasteiger partial charge in [-0.15, -0.1) is 0 Å². The predicted molar refractivity (Wildman–Crippen MR) is 85.7 cm³/mol. The molecular weight excluding hydrogens is 302 g/mol. The Bertz CT molecular complexity index is 583. The number of nitrogens with one attached hydrogen (secondary N) is 1. The summed E-state index contributed by atoms with van der Waals surface area (Å²) in [6, 6.07) is 3.50. The minimum atomic E-state index is -3.50. The molecule has 1 fully saturated rings. The highest BCUT2D eigenvalue weighted by Crippen LogP contribution is 2.21. The SMILES string of the molecule is CCC(NS(=O)(=O)N1CCC(OC)CC1)c1ncccc1C. The fourth-order valence-corrected chi connectivity index (χ4v) is 4.24. The molecule has 0 radical (unpaired) electrons. The first-order valence-corrected chi connectivity index (χ1v) is 9.13. The predicted octanol–water partition coefficient (Wildman–Crippen LogP) is 1.79. The maximum absolute atomic E-state index is 12.6. The Morgan fingerprint density at radius 2 is 2.14 bits per heavy atom. The first-order valence-electron chi connectivity index (χ1n) is 7.69. The molecule has 1 N–H and O–H groups in total. The van der Waals surface area contributed by atoms with Crippen molar-refractivity contribution in [2.45, 2.75) is 45.3 Å². The number of aryl methyl sites for hydroxylation is 1. The molecule has 124 valence electrons. The number of hydrogen-bond donors (Lipinski definition) is 1. The topological polar surface area (TPSA) is 71.5 Å². The summed E-state index contributed by atoms with van der Waals surface area (Å²) in [6.45, 7) is 4.89. The lowest BCUT2D eigenvalue weighted by Gasteiger charge is -2.31. The van der Waals surface area contributed by atoms with Crippen molar-refractivity contribution in [3.8, 4) is 0 Å². The quantitative estimate of drug-likeness (QED) is 0.864. The summed E-state index contributed by atoms with van der Waals surface area (Å²) in [7, 11) is -1.83. The van der Waals surface area contributed by atoms with Crippen LogP contribution < -0.4 is 4.72 Å². The number of nitrogens with zero attached hydrogens (tertiary/aromatic N) is 2. The number of aromatic nitrogens is 1. The summed E-state index contributed by atoms with van der Waals surface area (Å²) in [5.74, 6) is 0. The number of hydrogen-bond acceptors (Lipinski definition) is 4. The highest BCUT2D eigenvalue weighted by molar-refractivity contribution is 7.87. The third kappa shape index (κ3) is 4.04. The molecule has 1 aromatic rings. The second kappa shape index (κ2) is 7.50. The monoisotopic (exact) mass is 327 g/mol. The average molecular weight is 327 g/mol. The van der Waals surface area contributed by atoms with Gasteiger partial charge in [0.15, 0.2) is 0 Å². The van der Waals surface area contributed by atoms with Crippen molar-refractivity contribution in [2.75, 3.05) is 20.2 Å². The van der Waals surface area contributed by atoms with Crippen LogP contribution in [0.2, 0.25) is 0 Å². The van der Waals surface area contributed by atoms with Gasteiger partial charge < -0.3 is 4.74 Å². The van der Waals surface area contributed by atoms with E-state index in [1.165, 1.54) is 4.31 Å². The largest absolute Gasteiger partial charge is 0.381 e. The van der Waals surface area contributed by atoms with E-state index < -0.39 is 10.2 Å². The third-order valence-corrected chi connectivity index (χ3v) is 5.78. The molecule has 1 atom stereocenters. The van der Waals surface area contributed by atoms with E-state index in [1.807, 2.05) is 26.0 Å². The van der Waals surface area contributed by atoms with E-state index in [1.54, 1.807) is 13.3 Å². The summed E-state index contributed by atoms with van der Waals surface area (Å²) in [5, 5.41) is 0. The van der Waals surface area contributed by atoms with Crippen LogP contribution in [0.25, 0.3) is 0 Å². The number of rotatable bonds is 6. The first-order chi connectivity index (χ1) is 10.5. The molecule has 1 aromatic heterocycles. The second-order valence-corrected chi connectivity index (χ2v) is 7.33. The molecule has 0 amide bonds. The number of ether oxygens (including phenoxy) is 1. The lowest BCUT2D eigenvalue weighted by Crippen LogP contribution is -2.47. The molecule has 0 aromatic carbocycles. The van der Waals surface area contributed by atoms with Crippen LogP contribution in [0.1, 0.15) is 43.5 Å². The molecule has 0 bridgehead atoms. The van der Waals surface area contributed by atoms with Gasteiger partial charge in [0.05, 0.1) is 17.8 Å². The normalized spacial score (nSPS) is 19.2. The lowest BCUT2D eigenvalue weighted by molar-refractivity contribution is 0.0601. The van der Waals surface area contributed by atoms with E-state index in [0.29, 0.717) is 19.5 Å². The summed E-state index contributed by atoms with van der Waals surface area (Å²) >= 11 is 0. The van der Waals surface area contributed by atoms with Crippen molar-refractivity contribution in [1.29, 1.82) is 0 Å². The minimum Gasteiger partial charge on any atom is -0.381 e. The highest BCUT2D eigenvalue weighted by atomic mass is 32.2. The number of piperidine rings is 1. The Morgan fingerprint density at radius 3 is 2.68 bits per heavy atom. The van der Waals surface area contributed by atoms with Crippen LogP contribution in [-0.2, 0) is 14.9 Å². The Hall–Kier alpha value is -1.02. The highest BCUT2D eigenvalue weighted by Gasteiger charge is 2.30. The lowest BCUT2D eigenvalue weighted by atomic mass is 10.1. The Morgan fingerprint density at radius 1 is 1.45 bits per heavy atom. The van der Waals surface area contributed by atoms with Gasteiger partial charge in [-0.3, -0.25) is 4.98 Å². The van der Waals surface area contributed by atoms with E-state index >= 15 is 0 Å². The second-order valence-electron chi connectivity index (χ2n) is 5.62. The minimum absolute atomic E-state index is 0.159. The molecule has 0 saturated carbocycles. The van der Waals surface area contributed by atoms with E-state index in [4.69, 9.17) is 4.74 Å². The molecule has 22 heavy (non-hydrogen) atoms. The van der Waals surface area contributed by atoms with E-state index in [-0.39, 0.29) is 12.1 Å². The Balaban J connectivity index is 2.08. The fraction of sp³-hybridized carbons (Fsp3) is 0.667. The fourth-order valence-electron chi connectivity index (χ4n) is 2.76. The molecule has 1 aliphatic rings. The van der Waals surface area contributed by atoms with Crippen molar-refractivity contribution in [1.82, 2.24) is 14.0 Å². The van der Waals surface area contributed by atoms with Gasteiger partial charge in [-0.25, -0.2) is 0 Å². The van der Waals surface area contributed by atoms with E-state index in [9.17, 15) is 8.42 Å². The van der Waals surface area contributed by atoms with Gasteiger partial charge in [0.1, 0.15) is 0 Å². The summed E-state index contributed by atoms with van der Waals surface area (Å²) in [6.07, 6.45) is 3.98. The van der Waals surface area contributed by atoms with Gasteiger partial charge in [0, 0.05) is 26.4 Å². The van der Waals surface area contributed by atoms with Crippen molar-refractivity contribution in [3.05, 3.63) is 29.6 Å². The van der Waals surface area contributed by atoms with Gasteiger partial charge >= 0.3 is 0 Å². The van der Waals surface area contributed by atoms with Gasteiger partial charge in [-0.1, -0.05) is 13.0 Å². The van der Waals surface area contributed by atoms with Crippen molar-refractivity contribution in [2.24, 2.45) is 0 Å². The van der Waals surface area contributed by atoms with Crippen LogP contribution in [0.5, 0.6) is 0 Å². The Kier molecular flexibility index (Phi) is 5.91. The zero-order valence-corrected chi connectivity index (χ0v) is 14.3. The Labute approximate surface area is 133 Å². The van der Waals surface area contributed by atoms with Crippen molar-refractivity contribution < 1.29 is 13.2 Å². The molecule has 2 heterocycles. The molecule has 0 aliphatic carbocycles. The average Bonchev–Trinajstić information content (AvgIpc) is 2.53. The van der Waals surface area contributed by atoms with Crippen LogP contribution in [0.3, 0.4) is 0 Å². The van der Waals surface area contributed by atoms with Crippen LogP contribution in [0, 0.1) is 6.92 Å². The zero-order valence-electron chi connectivity index (χ0n) is 13.4. The van der Waals surface area contributed by atoms with Gasteiger partial charge in [-0.2, -0.15) is 17.4 Å². The van der Waals surface area contributed by atoms with Gasteiger partial charge in [0.25, 0.3) is 10.2 Å². The molecule has 6 nitrogen and oxygen atoms in total. The summed E-state index contributed by atoms with van der Waals surface area (Å²) in [5.41, 5.74) is 1.79. The number of pyridine rings is 1. The maximum Gasteiger partial charge on any atom is 0.280 e. The third-order valence-electron chi connectivity index (χ3n) is 4.15. The van der Waals surface area contributed by atoms with Crippen molar-refractivity contribution >= 4 is 10.2 Å². The smallest absolute Gasteiger partial charge is 0.280 e. The summed E-state index contributed by atoms with van der Waals surface area (Å²) in [4.78, 5) is 4.34. The maximum atomic E-state index is 12.6. The van der Waals surface area contributed by atoms with Crippen molar-refractivity contribution in [3.63, 3.8) is 0 Å². The molecule has 7 heteroatoms. The summed E-state index contributed by atoms with van der Waals surface area (Å²) < 4.78 is 34.8. The standard InChI is InChI=1S/C15H25N3O3S/c1-4-14(15-12(2)6-5-9-16-15)17-22(19,20)18-10-7-13(21-3)8-11-18/h5-6,9,13-14,17H,4,7-8,10-11H2,1-3H3. The molecular formula is C15H25N3O3S. The van der Waals surface area contributed by atoms with Crippen LogP contribution >= 0.6 is 0 Å². The van der Waals surface area contributed by atoms with Crippen LogP contribution in [-0.4, -0.2) is 44.0 Å². The molecule has 1 unspecified atom stereocenters. The number of methoxy groups -OCH3 is 1. The van der Waals surface area contributed by atoms with E-state index in [0.717, 1.165) is 24.1 Å². The van der Waals surface area contributed by atoms with Gasteiger partial charge in [-0.05, 0) is 37.8 Å².